The Morgan fingerprint density at radius 1 is 1.25 bits per heavy atom. The summed E-state index contributed by atoms with van der Waals surface area (Å²) >= 11 is 6.75. The van der Waals surface area contributed by atoms with E-state index in [2.05, 4.69) is 37.9 Å². The van der Waals surface area contributed by atoms with Gasteiger partial charge in [0.1, 0.15) is 4.21 Å². The Hall–Kier alpha value is -0.670. The van der Waals surface area contributed by atoms with Gasteiger partial charge in [-0.15, -0.1) is 11.3 Å². The van der Waals surface area contributed by atoms with Gasteiger partial charge in [0.25, 0.3) is 10.0 Å². The average Bonchev–Trinajstić information content (AvgIpc) is 2.89. The fraction of sp³-hybridized carbons (Fsp3) is 0.667. The molecule has 0 fully saturated rings. The van der Waals surface area contributed by atoms with E-state index in [-0.39, 0.29) is 16.7 Å². The number of rotatable bonds is 9. The first kappa shape index (κ1) is 21.4. The fourth-order valence-corrected chi connectivity index (χ4v) is 5.19. The van der Waals surface area contributed by atoms with Crippen LogP contribution in [0.1, 0.15) is 27.7 Å². The first-order valence-electron chi connectivity index (χ1n) is 7.79. The second-order valence-corrected chi connectivity index (χ2v) is 10.1. The minimum atomic E-state index is -3.69. The molecule has 0 aromatic carbocycles. The van der Waals surface area contributed by atoms with Crippen molar-refractivity contribution in [3.63, 3.8) is 0 Å². The van der Waals surface area contributed by atoms with E-state index in [4.69, 9.17) is 11.6 Å². The predicted molar refractivity (Wildman–Crippen MR) is 99.1 cm³/mol. The third-order valence-corrected chi connectivity index (χ3v) is 7.10. The van der Waals surface area contributed by atoms with Crippen LogP contribution in [0.2, 0.25) is 4.34 Å². The highest BCUT2D eigenvalue weighted by atomic mass is 35.5. The Kier molecular flexibility index (Phi) is 8.14. The maximum Gasteiger partial charge on any atom is 0.252 e. The van der Waals surface area contributed by atoms with E-state index in [1.807, 2.05) is 0 Å². The molecule has 0 aliphatic heterocycles. The molecule has 6 nitrogen and oxygen atoms in total. The van der Waals surface area contributed by atoms with Crippen LogP contribution in [0.25, 0.3) is 0 Å². The second kappa shape index (κ2) is 9.15. The molecule has 0 aliphatic carbocycles. The lowest BCUT2D eigenvalue weighted by molar-refractivity contribution is -0.121. The van der Waals surface area contributed by atoms with Gasteiger partial charge in [0.15, 0.2) is 0 Å². The molecule has 0 atom stereocenters. The van der Waals surface area contributed by atoms with E-state index in [1.165, 1.54) is 19.2 Å². The molecule has 1 aromatic heterocycles. The molecule has 138 valence electrons. The molecule has 0 bridgehead atoms. The van der Waals surface area contributed by atoms with Gasteiger partial charge in [-0.2, -0.15) is 4.31 Å². The zero-order valence-electron chi connectivity index (χ0n) is 14.7. The SMILES string of the molecule is CC(C)N(CCNC(=O)CN(C)S(=O)(=O)c1ccc(Cl)s1)C(C)C. The van der Waals surface area contributed by atoms with Gasteiger partial charge >= 0.3 is 0 Å². The summed E-state index contributed by atoms with van der Waals surface area (Å²) in [4.78, 5) is 14.3. The summed E-state index contributed by atoms with van der Waals surface area (Å²) in [5.41, 5.74) is 0. The van der Waals surface area contributed by atoms with Crippen LogP contribution >= 0.6 is 22.9 Å². The maximum absolute atomic E-state index is 12.3. The van der Waals surface area contributed by atoms with Gasteiger partial charge in [0, 0.05) is 32.2 Å². The summed E-state index contributed by atoms with van der Waals surface area (Å²) in [6, 6.07) is 3.74. The number of thiophene rings is 1. The molecule has 0 saturated carbocycles. The Morgan fingerprint density at radius 3 is 2.29 bits per heavy atom. The monoisotopic (exact) mass is 395 g/mol. The third kappa shape index (κ3) is 6.00. The highest BCUT2D eigenvalue weighted by Crippen LogP contribution is 2.27. The molecule has 1 amide bonds. The smallest absolute Gasteiger partial charge is 0.252 e. The Bertz CT molecular complexity index is 636. The highest BCUT2D eigenvalue weighted by molar-refractivity contribution is 7.91. The van der Waals surface area contributed by atoms with Gasteiger partial charge in [-0.1, -0.05) is 11.6 Å². The molecular formula is C15H26ClN3O3S2. The van der Waals surface area contributed by atoms with Crippen molar-refractivity contribution in [2.45, 2.75) is 44.0 Å². The zero-order chi connectivity index (χ0) is 18.5. The van der Waals surface area contributed by atoms with E-state index < -0.39 is 10.0 Å². The Labute approximate surface area is 153 Å². The minimum absolute atomic E-state index is 0.133. The molecule has 0 saturated heterocycles. The normalized spacial score (nSPS) is 12.6. The summed E-state index contributed by atoms with van der Waals surface area (Å²) in [5.74, 6) is -0.323. The lowest BCUT2D eigenvalue weighted by Crippen LogP contribution is -2.44. The van der Waals surface area contributed by atoms with Gasteiger partial charge in [-0.25, -0.2) is 8.42 Å². The van der Waals surface area contributed by atoms with Crippen molar-refractivity contribution in [2.24, 2.45) is 0 Å². The maximum atomic E-state index is 12.3. The van der Waals surface area contributed by atoms with Gasteiger partial charge in [-0.3, -0.25) is 9.69 Å². The van der Waals surface area contributed by atoms with Crippen LogP contribution in [0.5, 0.6) is 0 Å². The Balaban J connectivity index is 2.53. The second-order valence-electron chi connectivity index (χ2n) is 6.09. The van der Waals surface area contributed by atoms with Crippen LogP contribution in [0.4, 0.5) is 0 Å². The molecule has 1 aromatic rings. The molecule has 1 N–H and O–H groups in total. The number of sulfonamides is 1. The molecule has 0 unspecified atom stereocenters. The number of likely N-dealkylation sites (N-methyl/N-ethyl adjacent to an activating group) is 1. The van der Waals surface area contributed by atoms with Crippen LogP contribution in [0.3, 0.4) is 0 Å². The van der Waals surface area contributed by atoms with Crippen LogP contribution in [0.15, 0.2) is 16.3 Å². The minimum Gasteiger partial charge on any atom is -0.354 e. The molecule has 1 heterocycles. The standard InChI is InChI=1S/C15H26ClN3O3S2/c1-11(2)19(12(3)4)9-8-17-14(20)10-18(5)24(21,22)15-7-6-13(16)23-15/h6-7,11-12H,8-10H2,1-5H3,(H,17,20). The number of halogens is 1. The van der Waals surface area contributed by atoms with Crippen molar-refractivity contribution < 1.29 is 13.2 Å². The molecule has 1 rings (SSSR count). The van der Waals surface area contributed by atoms with Gasteiger partial charge < -0.3 is 5.32 Å². The number of carbonyl (C=O) groups is 1. The highest BCUT2D eigenvalue weighted by Gasteiger charge is 2.24. The van der Waals surface area contributed by atoms with E-state index in [9.17, 15) is 13.2 Å². The number of carbonyl (C=O) groups excluding carboxylic acids is 1. The van der Waals surface area contributed by atoms with Crippen molar-refractivity contribution in [1.82, 2.24) is 14.5 Å². The number of amides is 1. The van der Waals surface area contributed by atoms with Crippen molar-refractivity contribution in [3.8, 4) is 0 Å². The van der Waals surface area contributed by atoms with Crippen molar-refractivity contribution >= 4 is 38.9 Å². The Morgan fingerprint density at radius 2 is 1.83 bits per heavy atom. The molecule has 9 heteroatoms. The summed E-state index contributed by atoms with van der Waals surface area (Å²) in [6.07, 6.45) is 0. The van der Waals surface area contributed by atoms with Crippen molar-refractivity contribution in [2.75, 3.05) is 26.7 Å². The van der Waals surface area contributed by atoms with Crippen LogP contribution in [-0.2, 0) is 14.8 Å². The number of nitrogens with zero attached hydrogens (tertiary/aromatic N) is 2. The third-order valence-electron chi connectivity index (χ3n) is 3.60. The van der Waals surface area contributed by atoms with Crippen LogP contribution in [0, 0.1) is 0 Å². The number of hydrogen-bond acceptors (Lipinski definition) is 5. The quantitative estimate of drug-likeness (QED) is 0.696. The van der Waals surface area contributed by atoms with Crippen LogP contribution < -0.4 is 5.32 Å². The molecule has 0 radical (unpaired) electrons. The van der Waals surface area contributed by atoms with E-state index in [1.54, 1.807) is 0 Å². The molecule has 24 heavy (non-hydrogen) atoms. The summed E-state index contributed by atoms with van der Waals surface area (Å²) in [5, 5.41) is 2.77. The summed E-state index contributed by atoms with van der Waals surface area (Å²) in [6.45, 7) is 9.40. The fourth-order valence-electron chi connectivity index (χ4n) is 2.37. The first-order valence-corrected chi connectivity index (χ1v) is 10.4. The van der Waals surface area contributed by atoms with E-state index in [0.29, 0.717) is 23.0 Å². The van der Waals surface area contributed by atoms with Gasteiger partial charge in [0.05, 0.1) is 10.9 Å². The topological polar surface area (TPSA) is 69.7 Å². The average molecular weight is 396 g/mol. The van der Waals surface area contributed by atoms with Gasteiger partial charge in [0.2, 0.25) is 5.91 Å². The van der Waals surface area contributed by atoms with Crippen LogP contribution in [-0.4, -0.2) is 62.3 Å². The summed E-state index contributed by atoms with van der Waals surface area (Å²) in [7, 11) is -2.30. The number of nitrogens with one attached hydrogen (secondary N) is 1. The van der Waals surface area contributed by atoms with Crippen molar-refractivity contribution in [1.29, 1.82) is 0 Å². The lowest BCUT2D eigenvalue weighted by Gasteiger charge is -2.30. The largest absolute Gasteiger partial charge is 0.354 e. The predicted octanol–water partition coefficient (Wildman–Crippen LogP) is 2.26. The van der Waals surface area contributed by atoms with E-state index >= 15 is 0 Å². The molecular weight excluding hydrogens is 370 g/mol. The number of hydrogen-bond donors (Lipinski definition) is 1. The summed E-state index contributed by atoms with van der Waals surface area (Å²) < 4.78 is 26.2. The molecule has 0 spiro atoms. The zero-order valence-corrected chi connectivity index (χ0v) is 17.1. The first-order chi connectivity index (χ1) is 11.1. The van der Waals surface area contributed by atoms with Gasteiger partial charge in [-0.05, 0) is 39.8 Å². The van der Waals surface area contributed by atoms with Crippen molar-refractivity contribution in [3.05, 3.63) is 16.5 Å². The van der Waals surface area contributed by atoms with E-state index in [0.717, 1.165) is 22.2 Å². The lowest BCUT2D eigenvalue weighted by atomic mass is 10.2. The molecule has 0 aliphatic rings.